The molecule has 0 spiro atoms. The van der Waals surface area contributed by atoms with Crippen LogP contribution in [0.1, 0.15) is 19.5 Å². The first-order valence-electron chi connectivity index (χ1n) is 5.41. The summed E-state index contributed by atoms with van der Waals surface area (Å²) in [4.78, 5) is 11.5. The molecule has 1 amide bonds. The molecule has 0 saturated heterocycles. The zero-order chi connectivity index (χ0) is 12.1. The topological polar surface area (TPSA) is 46.9 Å². The standard InChI is InChI=1S/C11H18BrN3O/c1-8(2)10(12)11(16)13-6-4-9-5-7-15(3)14-9/h5,7-8,10H,4,6H2,1-3H3,(H,13,16). The lowest BCUT2D eigenvalue weighted by atomic mass is 10.1. The molecular formula is C11H18BrN3O. The van der Waals surface area contributed by atoms with Crippen LogP contribution in [0.5, 0.6) is 0 Å². The Kier molecular flexibility index (Phi) is 4.99. The maximum absolute atomic E-state index is 11.6. The second kappa shape index (κ2) is 6.03. The average molecular weight is 288 g/mol. The summed E-state index contributed by atoms with van der Waals surface area (Å²) in [5.74, 6) is 0.348. The molecule has 0 aliphatic heterocycles. The molecule has 0 radical (unpaired) electrons. The predicted octanol–water partition coefficient (Wildman–Crippen LogP) is 1.50. The van der Waals surface area contributed by atoms with Crippen LogP contribution >= 0.6 is 15.9 Å². The van der Waals surface area contributed by atoms with Crippen molar-refractivity contribution in [2.75, 3.05) is 6.54 Å². The van der Waals surface area contributed by atoms with Crippen LogP contribution in [-0.4, -0.2) is 27.1 Å². The predicted molar refractivity (Wildman–Crippen MR) is 67.5 cm³/mol. The summed E-state index contributed by atoms with van der Waals surface area (Å²) in [6.07, 6.45) is 2.67. The third-order valence-corrected chi connectivity index (χ3v) is 3.76. The lowest BCUT2D eigenvalue weighted by Gasteiger charge is -2.13. The van der Waals surface area contributed by atoms with Crippen molar-refractivity contribution in [3.05, 3.63) is 18.0 Å². The van der Waals surface area contributed by atoms with Gasteiger partial charge in [0.1, 0.15) is 0 Å². The summed E-state index contributed by atoms with van der Waals surface area (Å²) in [7, 11) is 1.88. The Labute approximate surface area is 105 Å². The molecule has 90 valence electrons. The molecule has 0 saturated carbocycles. The number of halogens is 1. The molecule has 1 atom stereocenters. The minimum absolute atomic E-state index is 0.0472. The second-order valence-corrected chi connectivity index (χ2v) is 5.15. The number of alkyl halides is 1. The van der Waals surface area contributed by atoms with Crippen molar-refractivity contribution >= 4 is 21.8 Å². The van der Waals surface area contributed by atoms with Gasteiger partial charge in [-0.1, -0.05) is 29.8 Å². The SMILES string of the molecule is CC(C)C(Br)C(=O)NCCc1ccn(C)n1. The highest BCUT2D eigenvalue weighted by molar-refractivity contribution is 9.10. The summed E-state index contributed by atoms with van der Waals surface area (Å²) in [6.45, 7) is 4.65. The minimum atomic E-state index is -0.115. The Bertz CT molecular complexity index is 349. The number of amides is 1. The number of carbonyl (C=O) groups excluding carboxylic acids is 1. The average Bonchev–Trinajstić information content (AvgIpc) is 2.62. The smallest absolute Gasteiger partial charge is 0.234 e. The largest absolute Gasteiger partial charge is 0.355 e. The van der Waals surface area contributed by atoms with Gasteiger partial charge in [0.2, 0.25) is 5.91 Å². The van der Waals surface area contributed by atoms with Crippen LogP contribution in [0.2, 0.25) is 0 Å². The van der Waals surface area contributed by atoms with Crippen LogP contribution in [0.25, 0.3) is 0 Å². The summed E-state index contributed by atoms with van der Waals surface area (Å²) in [6, 6.07) is 1.96. The fourth-order valence-corrected chi connectivity index (χ4v) is 1.47. The molecule has 0 aromatic carbocycles. The van der Waals surface area contributed by atoms with Gasteiger partial charge in [0.05, 0.1) is 10.5 Å². The van der Waals surface area contributed by atoms with Gasteiger partial charge in [-0.3, -0.25) is 9.48 Å². The van der Waals surface area contributed by atoms with E-state index in [9.17, 15) is 4.79 Å². The summed E-state index contributed by atoms with van der Waals surface area (Å²) < 4.78 is 1.76. The quantitative estimate of drug-likeness (QED) is 0.835. The lowest BCUT2D eigenvalue weighted by Crippen LogP contribution is -2.35. The van der Waals surface area contributed by atoms with Crippen LogP contribution in [-0.2, 0) is 18.3 Å². The van der Waals surface area contributed by atoms with E-state index in [1.165, 1.54) is 0 Å². The van der Waals surface area contributed by atoms with Crippen LogP contribution in [0.3, 0.4) is 0 Å². The Hall–Kier alpha value is -0.840. The van der Waals surface area contributed by atoms with Crippen LogP contribution in [0.15, 0.2) is 12.3 Å². The summed E-state index contributed by atoms with van der Waals surface area (Å²) >= 11 is 3.37. The Morgan fingerprint density at radius 2 is 2.31 bits per heavy atom. The highest BCUT2D eigenvalue weighted by Gasteiger charge is 2.17. The Morgan fingerprint density at radius 3 is 2.81 bits per heavy atom. The van der Waals surface area contributed by atoms with Crippen LogP contribution in [0.4, 0.5) is 0 Å². The number of aryl methyl sites for hydroxylation is 1. The molecule has 1 aromatic rings. The molecule has 0 bridgehead atoms. The fraction of sp³-hybridized carbons (Fsp3) is 0.636. The van der Waals surface area contributed by atoms with E-state index in [0.717, 1.165) is 12.1 Å². The third kappa shape index (κ3) is 3.96. The van der Waals surface area contributed by atoms with Crippen molar-refractivity contribution in [3.8, 4) is 0 Å². The lowest BCUT2D eigenvalue weighted by molar-refractivity contribution is -0.121. The Morgan fingerprint density at radius 1 is 1.62 bits per heavy atom. The number of hydrogen-bond donors (Lipinski definition) is 1. The number of nitrogens with one attached hydrogen (secondary N) is 1. The van der Waals surface area contributed by atoms with Gasteiger partial charge in [-0.05, 0) is 12.0 Å². The first kappa shape index (κ1) is 13.2. The summed E-state index contributed by atoms with van der Waals surface area (Å²) in [5, 5.41) is 7.13. The molecule has 1 N–H and O–H groups in total. The first-order chi connectivity index (χ1) is 7.50. The fourth-order valence-electron chi connectivity index (χ4n) is 1.31. The highest BCUT2D eigenvalue weighted by atomic mass is 79.9. The molecule has 5 heteroatoms. The zero-order valence-corrected chi connectivity index (χ0v) is 11.5. The molecule has 0 fully saturated rings. The Balaban J connectivity index is 2.28. The van der Waals surface area contributed by atoms with Gasteiger partial charge in [0.15, 0.2) is 0 Å². The minimum Gasteiger partial charge on any atom is -0.355 e. The number of nitrogens with zero attached hydrogens (tertiary/aromatic N) is 2. The van der Waals surface area contributed by atoms with E-state index in [4.69, 9.17) is 0 Å². The van der Waals surface area contributed by atoms with E-state index in [1.54, 1.807) is 4.68 Å². The van der Waals surface area contributed by atoms with Gasteiger partial charge < -0.3 is 5.32 Å². The van der Waals surface area contributed by atoms with E-state index in [2.05, 4.69) is 26.3 Å². The molecule has 1 heterocycles. The van der Waals surface area contributed by atoms with Crippen molar-refractivity contribution in [2.24, 2.45) is 13.0 Å². The molecular weight excluding hydrogens is 270 g/mol. The van der Waals surface area contributed by atoms with Gasteiger partial charge in [-0.2, -0.15) is 5.10 Å². The van der Waals surface area contributed by atoms with E-state index >= 15 is 0 Å². The molecule has 0 aliphatic carbocycles. The zero-order valence-electron chi connectivity index (χ0n) is 9.90. The van der Waals surface area contributed by atoms with Crippen LogP contribution < -0.4 is 5.32 Å². The van der Waals surface area contributed by atoms with E-state index in [0.29, 0.717) is 12.5 Å². The number of hydrogen-bond acceptors (Lipinski definition) is 2. The van der Waals surface area contributed by atoms with Gasteiger partial charge in [-0.25, -0.2) is 0 Å². The molecule has 4 nitrogen and oxygen atoms in total. The normalized spacial score (nSPS) is 12.8. The summed E-state index contributed by atoms with van der Waals surface area (Å²) in [5.41, 5.74) is 0.999. The van der Waals surface area contributed by atoms with E-state index in [1.807, 2.05) is 33.2 Å². The third-order valence-electron chi connectivity index (χ3n) is 2.28. The molecule has 1 rings (SSSR count). The van der Waals surface area contributed by atoms with Crippen molar-refractivity contribution in [2.45, 2.75) is 25.1 Å². The van der Waals surface area contributed by atoms with Gasteiger partial charge in [0, 0.05) is 26.2 Å². The maximum Gasteiger partial charge on any atom is 0.234 e. The van der Waals surface area contributed by atoms with Crippen LogP contribution in [0, 0.1) is 5.92 Å². The van der Waals surface area contributed by atoms with Crippen molar-refractivity contribution in [1.29, 1.82) is 0 Å². The van der Waals surface area contributed by atoms with Crippen molar-refractivity contribution in [1.82, 2.24) is 15.1 Å². The van der Waals surface area contributed by atoms with E-state index in [-0.39, 0.29) is 10.7 Å². The number of aromatic nitrogens is 2. The van der Waals surface area contributed by atoms with Gasteiger partial charge in [0.25, 0.3) is 0 Å². The van der Waals surface area contributed by atoms with Crippen molar-refractivity contribution in [3.63, 3.8) is 0 Å². The molecule has 0 aliphatic rings. The maximum atomic E-state index is 11.6. The van der Waals surface area contributed by atoms with Gasteiger partial charge in [-0.15, -0.1) is 0 Å². The second-order valence-electron chi connectivity index (χ2n) is 4.17. The first-order valence-corrected chi connectivity index (χ1v) is 6.32. The highest BCUT2D eigenvalue weighted by Crippen LogP contribution is 2.11. The van der Waals surface area contributed by atoms with E-state index < -0.39 is 0 Å². The molecule has 1 aromatic heterocycles. The molecule has 1 unspecified atom stereocenters. The van der Waals surface area contributed by atoms with Gasteiger partial charge >= 0.3 is 0 Å². The van der Waals surface area contributed by atoms with Crippen molar-refractivity contribution < 1.29 is 4.79 Å². The monoisotopic (exact) mass is 287 g/mol. The molecule has 16 heavy (non-hydrogen) atoms. The number of rotatable bonds is 5. The number of carbonyl (C=O) groups is 1.